The Balaban J connectivity index is 1.98. The fourth-order valence-corrected chi connectivity index (χ4v) is 2.63. The maximum atomic E-state index is 12.3. The summed E-state index contributed by atoms with van der Waals surface area (Å²) in [5.41, 5.74) is 0.895. The number of likely N-dealkylation sites (N-methyl/N-ethyl adjacent to an activating group) is 1. The standard InChI is InChI=1S/C17H23NO5/c1-3-22-16(19)15(14-9-10-21-12-14)18(2)17(20)23-11-13-7-5-4-6-8-13/h4-8,14-15H,3,9-12H2,1-2H3/t14-,15-/m0/s1. The van der Waals surface area contributed by atoms with Crippen LogP contribution in [0.2, 0.25) is 0 Å². The lowest BCUT2D eigenvalue weighted by atomic mass is 9.98. The van der Waals surface area contributed by atoms with Gasteiger partial charge in [0, 0.05) is 19.6 Å². The molecule has 2 rings (SSSR count). The largest absolute Gasteiger partial charge is 0.464 e. The molecule has 1 aromatic rings. The summed E-state index contributed by atoms with van der Waals surface area (Å²) < 4.78 is 15.7. The van der Waals surface area contributed by atoms with E-state index in [9.17, 15) is 9.59 Å². The van der Waals surface area contributed by atoms with E-state index in [1.54, 1.807) is 14.0 Å². The van der Waals surface area contributed by atoms with Crippen molar-refractivity contribution in [3.63, 3.8) is 0 Å². The van der Waals surface area contributed by atoms with Gasteiger partial charge in [-0.15, -0.1) is 0 Å². The van der Waals surface area contributed by atoms with E-state index in [1.807, 2.05) is 30.3 Å². The van der Waals surface area contributed by atoms with Crippen molar-refractivity contribution in [2.24, 2.45) is 5.92 Å². The molecule has 0 aromatic heterocycles. The van der Waals surface area contributed by atoms with E-state index in [0.717, 1.165) is 12.0 Å². The van der Waals surface area contributed by atoms with E-state index in [0.29, 0.717) is 13.2 Å². The van der Waals surface area contributed by atoms with Crippen molar-refractivity contribution < 1.29 is 23.8 Å². The Hall–Kier alpha value is -2.08. The third-order valence-corrected chi connectivity index (χ3v) is 3.85. The van der Waals surface area contributed by atoms with Gasteiger partial charge in [0.25, 0.3) is 0 Å². The lowest BCUT2D eigenvalue weighted by Crippen LogP contribution is -2.48. The summed E-state index contributed by atoms with van der Waals surface area (Å²) in [6.45, 7) is 3.22. The van der Waals surface area contributed by atoms with Crippen LogP contribution in [0.15, 0.2) is 30.3 Å². The summed E-state index contributed by atoms with van der Waals surface area (Å²) in [6.07, 6.45) is 0.179. The van der Waals surface area contributed by atoms with Crippen molar-refractivity contribution in [3.8, 4) is 0 Å². The SMILES string of the molecule is CCOC(=O)[C@H]([C@H]1CCOC1)N(C)C(=O)OCc1ccccc1. The molecule has 6 nitrogen and oxygen atoms in total. The summed E-state index contributed by atoms with van der Waals surface area (Å²) in [6, 6.07) is 8.73. The molecule has 2 atom stereocenters. The zero-order valence-electron chi connectivity index (χ0n) is 13.6. The van der Waals surface area contributed by atoms with E-state index >= 15 is 0 Å². The first-order chi connectivity index (χ1) is 11.1. The van der Waals surface area contributed by atoms with E-state index in [1.165, 1.54) is 4.90 Å². The highest BCUT2D eigenvalue weighted by molar-refractivity contribution is 5.81. The maximum absolute atomic E-state index is 12.3. The van der Waals surface area contributed by atoms with Gasteiger partial charge in [0.2, 0.25) is 0 Å². The summed E-state index contributed by atoms with van der Waals surface area (Å²) >= 11 is 0. The minimum atomic E-state index is -0.680. The number of nitrogens with zero attached hydrogens (tertiary/aromatic N) is 1. The van der Waals surface area contributed by atoms with Crippen LogP contribution >= 0.6 is 0 Å². The van der Waals surface area contributed by atoms with Gasteiger partial charge >= 0.3 is 12.1 Å². The number of hydrogen-bond donors (Lipinski definition) is 0. The van der Waals surface area contributed by atoms with E-state index in [2.05, 4.69) is 0 Å². The predicted molar refractivity (Wildman–Crippen MR) is 83.7 cm³/mol. The Morgan fingerprint density at radius 1 is 1.30 bits per heavy atom. The Labute approximate surface area is 136 Å². The number of amides is 1. The highest BCUT2D eigenvalue weighted by atomic mass is 16.6. The molecule has 0 spiro atoms. The van der Waals surface area contributed by atoms with Crippen LogP contribution in [-0.4, -0.2) is 49.9 Å². The molecule has 126 valence electrons. The van der Waals surface area contributed by atoms with Crippen LogP contribution in [0.1, 0.15) is 18.9 Å². The molecule has 1 heterocycles. The Kier molecular flexibility index (Phi) is 6.40. The fourth-order valence-electron chi connectivity index (χ4n) is 2.63. The quantitative estimate of drug-likeness (QED) is 0.752. The fraction of sp³-hybridized carbons (Fsp3) is 0.529. The second-order valence-corrected chi connectivity index (χ2v) is 5.47. The van der Waals surface area contributed by atoms with Crippen molar-refractivity contribution in [2.45, 2.75) is 26.0 Å². The Morgan fingerprint density at radius 2 is 2.04 bits per heavy atom. The monoisotopic (exact) mass is 321 g/mol. The molecule has 23 heavy (non-hydrogen) atoms. The van der Waals surface area contributed by atoms with Crippen molar-refractivity contribution in [1.29, 1.82) is 0 Å². The molecule has 1 aliphatic heterocycles. The third-order valence-electron chi connectivity index (χ3n) is 3.85. The van der Waals surface area contributed by atoms with Crippen LogP contribution in [0.5, 0.6) is 0 Å². The molecule has 1 aliphatic rings. The normalized spacial score (nSPS) is 18.3. The second-order valence-electron chi connectivity index (χ2n) is 5.47. The van der Waals surface area contributed by atoms with Gasteiger partial charge in [0.1, 0.15) is 12.6 Å². The number of hydrogen-bond acceptors (Lipinski definition) is 5. The minimum absolute atomic E-state index is 0.0664. The topological polar surface area (TPSA) is 65.1 Å². The molecule has 1 fully saturated rings. The molecule has 0 unspecified atom stereocenters. The molecular weight excluding hydrogens is 298 g/mol. The van der Waals surface area contributed by atoms with Crippen molar-refractivity contribution in [3.05, 3.63) is 35.9 Å². The lowest BCUT2D eigenvalue weighted by molar-refractivity contribution is -0.150. The predicted octanol–water partition coefficient (Wildman–Crippen LogP) is 2.22. The summed E-state index contributed by atoms with van der Waals surface area (Å²) in [7, 11) is 1.56. The average molecular weight is 321 g/mol. The first-order valence-electron chi connectivity index (χ1n) is 7.81. The maximum Gasteiger partial charge on any atom is 0.410 e. The Morgan fingerprint density at radius 3 is 2.65 bits per heavy atom. The number of benzene rings is 1. The first-order valence-corrected chi connectivity index (χ1v) is 7.81. The third kappa shape index (κ3) is 4.69. The van der Waals surface area contributed by atoms with Crippen molar-refractivity contribution in [2.75, 3.05) is 26.9 Å². The zero-order chi connectivity index (χ0) is 16.7. The lowest BCUT2D eigenvalue weighted by Gasteiger charge is -2.29. The average Bonchev–Trinajstić information content (AvgIpc) is 3.08. The zero-order valence-corrected chi connectivity index (χ0v) is 13.6. The van der Waals surface area contributed by atoms with Crippen molar-refractivity contribution >= 4 is 12.1 Å². The highest BCUT2D eigenvalue weighted by Gasteiger charge is 2.38. The molecular formula is C17H23NO5. The minimum Gasteiger partial charge on any atom is -0.464 e. The summed E-state index contributed by atoms with van der Waals surface area (Å²) in [5, 5.41) is 0. The molecule has 1 aromatic carbocycles. The molecule has 1 amide bonds. The molecule has 0 bridgehead atoms. The number of esters is 1. The van der Waals surface area contributed by atoms with Gasteiger partial charge in [-0.25, -0.2) is 9.59 Å². The van der Waals surface area contributed by atoms with Crippen molar-refractivity contribution in [1.82, 2.24) is 4.90 Å². The number of rotatable bonds is 6. The van der Waals surface area contributed by atoms with E-state index in [4.69, 9.17) is 14.2 Å². The molecule has 1 saturated heterocycles. The summed E-state index contributed by atoms with van der Waals surface area (Å²) in [4.78, 5) is 25.8. The van der Waals surface area contributed by atoms with Gasteiger partial charge in [0.15, 0.2) is 0 Å². The summed E-state index contributed by atoms with van der Waals surface area (Å²) in [5.74, 6) is -0.481. The van der Waals surface area contributed by atoms with Gasteiger partial charge in [-0.2, -0.15) is 0 Å². The molecule has 0 radical (unpaired) electrons. The number of carbonyl (C=O) groups is 2. The van der Waals surface area contributed by atoms with Gasteiger partial charge in [-0.05, 0) is 18.9 Å². The Bertz CT molecular complexity index is 513. The first kappa shape index (κ1) is 17.3. The van der Waals surface area contributed by atoms with E-state index in [-0.39, 0.29) is 19.1 Å². The van der Waals surface area contributed by atoms with Crippen LogP contribution in [0, 0.1) is 5.92 Å². The van der Waals surface area contributed by atoms with Crippen LogP contribution in [0.4, 0.5) is 4.79 Å². The second kappa shape index (κ2) is 8.53. The number of ether oxygens (including phenoxy) is 3. The number of carbonyl (C=O) groups excluding carboxylic acids is 2. The van der Waals surface area contributed by atoms with Crippen LogP contribution in [0.3, 0.4) is 0 Å². The molecule has 0 aliphatic carbocycles. The molecule has 6 heteroatoms. The van der Waals surface area contributed by atoms with Gasteiger partial charge in [-0.1, -0.05) is 30.3 Å². The van der Waals surface area contributed by atoms with Gasteiger partial charge in [0.05, 0.1) is 13.2 Å². The van der Waals surface area contributed by atoms with Gasteiger partial charge in [-0.3, -0.25) is 4.90 Å². The van der Waals surface area contributed by atoms with Crippen LogP contribution in [0.25, 0.3) is 0 Å². The highest BCUT2D eigenvalue weighted by Crippen LogP contribution is 2.22. The molecule has 0 saturated carbocycles. The van der Waals surface area contributed by atoms with Gasteiger partial charge < -0.3 is 14.2 Å². The molecule has 0 N–H and O–H groups in total. The van der Waals surface area contributed by atoms with Crippen LogP contribution < -0.4 is 0 Å². The van der Waals surface area contributed by atoms with E-state index < -0.39 is 18.1 Å². The smallest absolute Gasteiger partial charge is 0.410 e. The van der Waals surface area contributed by atoms with Crippen LogP contribution in [-0.2, 0) is 25.6 Å².